The summed E-state index contributed by atoms with van der Waals surface area (Å²) in [6.07, 6.45) is 2.19. The lowest BCUT2D eigenvalue weighted by molar-refractivity contribution is -0.116. The molecule has 0 saturated carbocycles. The first kappa shape index (κ1) is 20.3. The Labute approximate surface area is 171 Å². The van der Waals surface area contributed by atoms with Crippen LogP contribution in [0.25, 0.3) is 10.2 Å². The first-order valence-corrected chi connectivity index (χ1v) is 10.7. The van der Waals surface area contributed by atoms with Crippen LogP contribution >= 0.6 is 11.3 Å². The summed E-state index contributed by atoms with van der Waals surface area (Å²) in [6.45, 7) is 9.04. The fourth-order valence-corrected chi connectivity index (χ4v) is 4.03. The van der Waals surface area contributed by atoms with E-state index in [1.54, 1.807) is 0 Å². The molecule has 0 radical (unpaired) electrons. The molecule has 0 bridgehead atoms. The molecule has 1 atom stereocenters. The van der Waals surface area contributed by atoms with Crippen molar-refractivity contribution in [3.8, 4) is 5.75 Å². The van der Waals surface area contributed by atoms with Crippen molar-refractivity contribution < 1.29 is 9.53 Å². The zero-order chi connectivity index (χ0) is 20.1. The molecular formula is C23H28N2O2S. The normalized spacial score (nSPS) is 12.1. The summed E-state index contributed by atoms with van der Waals surface area (Å²) in [6, 6.07) is 12.5. The Bertz CT molecular complexity index is 964. The van der Waals surface area contributed by atoms with Crippen molar-refractivity contribution >= 4 is 32.6 Å². The highest BCUT2D eigenvalue weighted by Crippen LogP contribution is 2.30. The van der Waals surface area contributed by atoms with Crippen LogP contribution in [0.2, 0.25) is 0 Å². The van der Waals surface area contributed by atoms with Crippen molar-refractivity contribution in [3.63, 3.8) is 0 Å². The molecule has 0 aliphatic rings. The number of thiazole rings is 1. The van der Waals surface area contributed by atoms with E-state index in [2.05, 4.69) is 49.3 Å². The molecule has 28 heavy (non-hydrogen) atoms. The number of ether oxygens (including phenoxy) is 1. The van der Waals surface area contributed by atoms with Crippen LogP contribution in [0.5, 0.6) is 5.75 Å². The van der Waals surface area contributed by atoms with E-state index in [-0.39, 0.29) is 5.91 Å². The lowest BCUT2D eigenvalue weighted by Gasteiger charge is -2.09. The number of fused-ring (bicyclic) bond motifs is 1. The molecule has 2 aromatic carbocycles. The lowest BCUT2D eigenvalue weighted by atomic mass is 9.99. The van der Waals surface area contributed by atoms with Crippen molar-refractivity contribution in [2.24, 2.45) is 0 Å². The van der Waals surface area contributed by atoms with Crippen LogP contribution in [-0.2, 0) is 4.79 Å². The number of hydrogen-bond donors (Lipinski definition) is 1. The third-order valence-electron chi connectivity index (χ3n) is 4.98. The van der Waals surface area contributed by atoms with E-state index in [0.717, 1.165) is 28.0 Å². The standard InChI is InChI=1S/C23H28N2O2S/c1-5-16(3)18-9-10-19-21(14-18)28-23(24-19)25-22(26)7-6-12-27-20-11-8-15(2)13-17(20)4/h8-11,13-14,16H,5-7,12H2,1-4H3,(H,24,25,26). The predicted octanol–water partition coefficient (Wildman–Crippen LogP) is 6.22. The quantitative estimate of drug-likeness (QED) is 0.460. The molecule has 0 fully saturated rings. The number of aromatic nitrogens is 1. The Morgan fingerprint density at radius 1 is 1.21 bits per heavy atom. The number of hydrogen-bond acceptors (Lipinski definition) is 4. The van der Waals surface area contributed by atoms with E-state index < -0.39 is 0 Å². The van der Waals surface area contributed by atoms with Gasteiger partial charge in [-0.15, -0.1) is 0 Å². The van der Waals surface area contributed by atoms with Crippen molar-refractivity contribution in [2.75, 3.05) is 11.9 Å². The highest BCUT2D eigenvalue weighted by atomic mass is 32.1. The Kier molecular flexibility index (Phi) is 6.68. The molecule has 0 spiro atoms. The van der Waals surface area contributed by atoms with Crippen LogP contribution in [0, 0.1) is 13.8 Å². The fraction of sp³-hybridized carbons (Fsp3) is 0.391. The number of benzene rings is 2. The van der Waals surface area contributed by atoms with Crippen molar-refractivity contribution in [2.45, 2.75) is 52.9 Å². The average molecular weight is 397 g/mol. The number of aryl methyl sites for hydroxylation is 2. The molecule has 0 aliphatic carbocycles. The molecule has 1 unspecified atom stereocenters. The summed E-state index contributed by atoms with van der Waals surface area (Å²) in [5, 5.41) is 3.59. The molecule has 1 amide bonds. The number of amides is 1. The molecule has 1 heterocycles. The maximum absolute atomic E-state index is 12.2. The maximum atomic E-state index is 12.2. The van der Waals surface area contributed by atoms with E-state index in [9.17, 15) is 4.79 Å². The molecule has 4 nitrogen and oxygen atoms in total. The fourth-order valence-electron chi connectivity index (χ4n) is 3.09. The lowest BCUT2D eigenvalue weighted by Crippen LogP contribution is -2.12. The monoisotopic (exact) mass is 396 g/mol. The van der Waals surface area contributed by atoms with Crippen LogP contribution in [0.3, 0.4) is 0 Å². The molecule has 1 N–H and O–H groups in total. The van der Waals surface area contributed by atoms with Gasteiger partial charge in [-0.1, -0.05) is 48.9 Å². The summed E-state index contributed by atoms with van der Waals surface area (Å²) in [4.78, 5) is 16.8. The minimum atomic E-state index is -0.0227. The Morgan fingerprint density at radius 3 is 2.79 bits per heavy atom. The van der Waals surface area contributed by atoms with Crippen LogP contribution in [0.15, 0.2) is 36.4 Å². The molecule has 1 aromatic heterocycles. The summed E-state index contributed by atoms with van der Waals surface area (Å²) < 4.78 is 6.91. The minimum absolute atomic E-state index is 0.0227. The van der Waals surface area contributed by atoms with Gasteiger partial charge in [0.1, 0.15) is 5.75 Å². The molecule has 3 rings (SSSR count). The van der Waals surface area contributed by atoms with Crippen molar-refractivity contribution in [1.29, 1.82) is 0 Å². The number of nitrogens with one attached hydrogen (secondary N) is 1. The highest BCUT2D eigenvalue weighted by molar-refractivity contribution is 7.22. The number of nitrogens with zero attached hydrogens (tertiary/aromatic N) is 1. The summed E-state index contributed by atoms with van der Waals surface area (Å²) in [5.74, 6) is 1.39. The molecule has 0 aliphatic heterocycles. The van der Waals surface area contributed by atoms with Gasteiger partial charge >= 0.3 is 0 Å². The van der Waals surface area contributed by atoms with Crippen LogP contribution in [-0.4, -0.2) is 17.5 Å². The van der Waals surface area contributed by atoms with E-state index in [0.29, 0.717) is 30.5 Å². The second-order valence-electron chi connectivity index (χ2n) is 7.32. The molecular weight excluding hydrogens is 368 g/mol. The van der Waals surface area contributed by atoms with Crippen LogP contribution in [0.4, 0.5) is 5.13 Å². The van der Waals surface area contributed by atoms with E-state index in [1.165, 1.54) is 22.5 Å². The van der Waals surface area contributed by atoms with Gasteiger partial charge in [0, 0.05) is 6.42 Å². The van der Waals surface area contributed by atoms with E-state index in [4.69, 9.17) is 4.74 Å². The number of rotatable bonds is 8. The largest absolute Gasteiger partial charge is 0.493 e. The Hall–Kier alpha value is -2.40. The molecule has 5 heteroatoms. The first-order valence-electron chi connectivity index (χ1n) is 9.86. The Morgan fingerprint density at radius 2 is 2.04 bits per heavy atom. The minimum Gasteiger partial charge on any atom is -0.493 e. The molecule has 3 aromatic rings. The van der Waals surface area contributed by atoms with Gasteiger partial charge in [0.15, 0.2) is 5.13 Å². The summed E-state index contributed by atoms with van der Waals surface area (Å²) in [5.41, 5.74) is 4.60. The van der Waals surface area contributed by atoms with Gasteiger partial charge in [0.05, 0.1) is 16.8 Å². The summed E-state index contributed by atoms with van der Waals surface area (Å²) in [7, 11) is 0. The SMILES string of the molecule is CCC(C)c1ccc2nc(NC(=O)CCCOc3ccc(C)cc3C)sc2c1. The maximum Gasteiger partial charge on any atom is 0.226 e. The second-order valence-corrected chi connectivity index (χ2v) is 8.36. The first-order chi connectivity index (χ1) is 13.5. The van der Waals surface area contributed by atoms with Gasteiger partial charge in [-0.3, -0.25) is 4.79 Å². The van der Waals surface area contributed by atoms with Gasteiger partial charge in [-0.05, 0) is 61.9 Å². The van der Waals surface area contributed by atoms with Crippen molar-refractivity contribution in [3.05, 3.63) is 53.1 Å². The van der Waals surface area contributed by atoms with Gasteiger partial charge in [0.25, 0.3) is 0 Å². The van der Waals surface area contributed by atoms with Crippen LogP contribution in [0.1, 0.15) is 55.7 Å². The van der Waals surface area contributed by atoms with Crippen molar-refractivity contribution in [1.82, 2.24) is 4.98 Å². The third-order valence-corrected chi connectivity index (χ3v) is 5.91. The van der Waals surface area contributed by atoms with E-state index >= 15 is 0 Å². The van der Waals surface area contributed by atoms with Gasteiger partial charge in [-0.25, -0.2) is 4.98 Å². The number of anilines is 1. The summed E-state index contributed by atoms with van der Waals surface area (Å²) >= 11 is 1.53. The topological polar surface area (TPSA) is 51.2 Å². The smallest absolute Gasteiger partial charge is 0.226 e. The molecule has 148 valence electrons. The van der Waals surface area contributed by atoms with Gasteiger partial charge in [0.2, 0.25) is 5.91 Å². The number of carbonyl (C=O) groups is 1. The predicted molar refractivity (Wildman–Crippen MR) is 118 cm³/mol. The second kappa shape index (κ2) is 9.20. The third kappa shape index (κ3) is 5.10. The average Bonchev–Trinajstić information content (AvgIpc) is 3.07. The highest BCUT2D eigenvalue weighted by Gasteiger charge is 2.10. The molecule has 0 saturated heterocycles. The van der Waals surface area contributed by atoms with Gasteiger partial charge in [-0.2, -0.15) is 0 Å². The van der Waals surface area contributed by atoms with E-state index in [1.807, 2.05) is 25.1 Å². The number of carbonyl (C=O) groups excluding carboxylic acids is 1. The Balaban J connectivity index is 1.50. The van der Waals surface area contributed by atoms with Gasteiger partial charge < -0.3 is 10.1 Å². The zero-order valence-electron chi connectivity index (χ0n) is 17.0. The zero-order valence-corrected chi connectivity index (χ0v) is 17.9. The van der Waals surface area contributed by atoms with Crippen LogP contribution < -0.4 is 10.1 Å².